The van der Waals surface area contributed by atoms with E-state index in [4.69, 9.17) is 11.5 Å². The summed E-state index contributed by atoms with van der Waals surface area (Å²) in [5.74, 6) is 2.20. The van der Waals surface area contributed by atoms with Gasteiger partial charge in [-0.15, -0.1) is 0 Å². The Hall–Kier alpha value is -0.240. The largest absolute Gasteiger partial charge is 0.393 e. The Labute approximate surface area is 231 Å². The molecule has 7 atom stereocenters. The molecule has 0 aromatic carbocycles. The molecule has 5 saturated heterocycles. The van der Waals surface area contributed by atoms with E-state index < -0.39 is 0 Å². The van der Waals surface area contributed by atoms with Crippen molar-refractivity contribution in [3.8, 4) is 0 Å². The molecule has 6 nitrogen and oxygen atoms in total. The number of nitrogens with two attached hydrogens (primary N) is 2. The molecule has 222 valence electrons. The molecule has 37 heavy (non-hydrogen) atoms. The van der Waals surface area contributed by atoms with Gasteiger partial charge >= 0.3 is 0 Å². The van der Waals surface area contributed by atoms with Gasteiger partial charge in [0.1, 0.15) is 0 Å². The van der Waals surface area contributed by atoms with Crippen LogP contribution in [0.2, 0.25) is 0 Å². The van der Waals surface area contributed by atoms with E-state index in [0.29, 0.717) is 12.0 Å². The molecule has 1 aliphatic carbocycles. The van der Waals surface area contributed by atoms with Gasteiger partial charge < -0.3 is 31.3 Å². The first-order chi connectivity index (χ1) is 17.8. The first-order valence-electron chi connectivity index (χ1n) is 16.1. The summed E-state index contributed by atoms with van der Waals surface area (Å²) in [4.78, 5) is 7.42. The molecule has 0 radical (unpaired) electrons. The lowest BCUT2D eigenvalue weighted by Gasteiger charge is -2.35. The van der Waals surface area contributed by atoms with Gasteiger partial charge in [-0.05, 0) is 110 Å². The SMILES string of the molecule is CC.CC.CC.CN1C2CCC1CC(CN)C2.CN1C2CCC1CC(N)C2.CN1CC2CC(O)C(C2)C1. The summed E-state index contributed by atoms with van der Waals surface area (Å²) in [6.45, 7) is 15.2. The second kappa shape index (κ2) is 18.2. The molecular formula is C31H67N5O. The molecule has 7 unspecified atom stereocenters. The summed E-state index contributed by atoms with van der Waals surface area (Å²) in [7, 11) is 6.67. The van der Waals surface area contributed by atoms with E-state index in [1.807, 2.05) is 41.5 Å². The fourth-order valence-electron chi connectivity index (χ4n) is 7.65. The van der Waals surface area contributed by atoms with E-state index in [1.165, 1.54) is 64.3 Å². The number of piperidine rings is 3. The maximum absolute atomic E-state index is 9.49. The van der Waals surface area contributed by atoms with E-state index in [-0.39, 0.29) is 6.10 Å². The van der Waals surface area contributed by atoms with Gasteiger partial charge in [0.05, 0.1) is 6.10 Å². The Morgan fingerprint density at radius 3 is 1.49 bits per heavy atom. The van der Waals surface area contributed by atoms with Crippen LogP contribution in [0.15, 0.2) is 0 Å². The molecule has 6 aliphatic rings. The van der Waals surface area contributed by atoms with Crippen molar-refractivity contribution in [3.05, 3.63) is 0 Å². The summed E-state index contributed by atoms with van der Waals surface area (Å²) in [5, 5.41) is 9.49. The number of aliphatic hydroxyl groups excluding tert-OH is 1. The standard InChI is InChI=1S/C9H18N2.C8H16N2.C8H15NO.3C2H6/c1-11-8-2-3-9(11)5-7(4-8)6-10;1-10-7-2-3-8(10)5-6(9)4-7;1-9-4-6-2-7(5-9)8(10)3-6;3*1-2/h7-9H,2-6,10H2,1H3;6-8H,2-5,9H2,1H3;6-8,10H,2-5H2,1H3;3*1-2H3. The number of nitrogens with zero attached hydrogens (tertiary/aromatic N) is 3. The first kappa shape index (κ1) is 34.8. The summed E-state index contributed by atoms with van der Waals surface area (Å²) >= 11 is 0. The molecule has 6 heteroatoms. The van der Waals surface area contributed by atoms with Crippen molar-refractivity contribution in [2.75, 3.05) is 40.8 Å². The van der Waals surface area contributed by atoms with E-state index in [2.05, 4.69) is 35.8 Å². The van der Waals surface area contributed by atoms with Crippen molar-refractivity contribution >= 4 is 0 Å². The lowest BCUT2D eigenvalue weighted by Crippen LogP contribution is -2.45. The van der Waals surface area contributed by atoms with Gasteiger partial charge in [0.2, 0.25) is 0 Å². The summed E-state index contributed by atoms with van der Waals surface area (Å²) in [6, 6.07) is 3.85. The van der Waals surface area contributed by atoms with E-state index in [1.54, 1.807) is 0 Å². The van der Waals surface area contributed by atoms with Crippen molar-refractivity contribution in [3.63, 3.8) is 0 Å². The lowest BCUT2D eigenvalue weighted by atomic mass is 9.91. The van der Waals surface area contributed by atoms with Gasteiger partial charge in [-0.25, -0.2) is 0 Å². The average molecular weight is 526 g/mol. The van der Waals surface area contributed by atoms with Crippen molar-refractivity contribution in [2.24, 2.45) is 29.2 Å². The Morgan fingerprint density at radius 1 is 0.649 bits per heavy atom. The summed E-state index contributed by atoms with van der Waals surface area (Å²) in [5.41, 5.74) is 11.6. The van der Waals surface area contributed by atoms with Crippen molar-refractivity contribution in [1.82, 2.24) is 14.7 Å². The first-order valence-corrected chi connectivity index (χ1v) is 16.1. The van der Waals surface area contributed by atoms with E-state index in [0.717, 1.165) is 55.5 Å². The minimum Gasteiger partial charge on any atom is -0.393 e. The van der Waals surface area contributed by atoms with Crippen LogP contribution in [0.5, 0.6) is 0 Å². The molecule has 5 heterocycles. The van der Waals surface area contributed by atoms with Gasteiger partial charge in [0.25, 0.3) is 0 Å². The molecule has 0 amide bonds. The Balaban J connectivity index is 0.000000252. The van der Waals surface area contributed by atoms with E-state index >= 15 is 0 Å². The highest BCUT2D eigenvalue weighted by atomic mass is 16.3. The molecule has 5 aliphatic heterocycles. The maximum atomic E-state index is 9.49. The molecule has 6 rings (SSSR count). The van der Waals surface area contributed by atoms with Crippen LogP contribution < -0.4 is 11.5 Å². The zero-order chi connectivity index (χ0) is 28.1. The molecule has 1 saturated carbocycles. The Kier molecular flexibility index (Phi) is 17.1. The highest BCUT2D eigenvalue weighted by Gasteiger charge is 2.39. The minimum absolute atomic E-state index is 0.00921. The molecular weight excluding hydrogens is 458 g/mol. The quantitative estimate of drug-likeness (QED) is 0.457. The number of likely N-dealkylation sites (tertiary alicyclic amines) is 1. The average Bonchev–Trinajstić information content (AvgIpc) is 3.37. The van der Waals surface area contributed by atoms with Gasteiger partial charge in [-0.3, -0.25) is 0 Å². The summed E-state index contributed by atoms with van der Waals surface area (Å²) < 4.78 is 0. The third-order valence-corrected chi connectivity index (χ3v) is 9.54. The van der Waals surface area contributed by atoms with Crippen LogP contribution >= 0.6 is 0 Å². The third kappa shape index (κ3) is 10.0. The van der Waals surface area contributed by atoms with Crippen LogP contribution in [-0.4, -0.2) is 96.9 Å². The van der Waals surface area contributed by atoms with Gasteiger partial charge in [-0.1, -0.05) is 41.5 Å². The van der Waals surface area contributed by atoms with Crippen LogP contribution in [0.3, 0.4) is 0 Å². The number of fused-ring (bicyclic) bond motifs is 6. The van der Waals surface area contributed by atoms with Crippen molar-refractivity contribution in [1.29, 1.82) is 0 Å². The number of rotatable bonds is 1. The predicted molar refractivity (Wildman–Crippen MR) is 162 cm³/mol. The second-order valence-electron chi connectivity index (χ2n) is 11.8. The van der Waals surface area contributed by atoms with Crippen molar-refractivity contribution < 1.29 is 5.11 Å². The third-order valence-electron chi connectivity index (χ3n) is 9.54. The topological polar surface area (TPSA) is 82.0 Å². The maximum Gasteiger partial charge on any atom is 0.0583 e. The molecule has 6 fully saturated rings. The number of hydrogen-bond donors (Lipinski definition) is 3. The fourth-order valence-corrected chi connectivity index (χ4v) is 7.65. The second-order valence-corrected chi connectivity index (χ2v) is 11.8. The number of aliphatic hydroxyl groups is 1. The van der Waals surface area contributed by atoms with Gasteiger partial charge in [0.15, 0.2) is 0 Å². The summed E-state index contributed by atoms with van der Waals surface area (Å²) in [6.07, 6.45) is 13.1. The normalized spacial score (nSPS) is 39.7. The molecule has 5 N–H and O–H groups in total. The van der Waals surface area contributed by atoms with Crippen LogP contribution in [-0.2, 0) is 0 Å². The minimum atomic E-state index is 0.00921. The van der Waals surface area contributed by atoms with Gasteiger partial charge in [-0.2, -0.15) is 0 Å². The highest BCUT2D eigenvalue weighted by molar-refractivity contribution is 4.95. The fraction of sp³-hybridized carbons (Fsp3) is 1.00. The smallest absolute Gasteiger partial charge is 0.0583 e. The zero-order valence-corrected chi connectivity index (χ0v) is 26.3. The zero-order valence-electron chi connectivity index (χ0n) is 26.3. The van der Waals surface area contributed by atoms with E-state index in [9.17, 15) is 5.11 Å². The Bertz CT molecular complexity index is 540. The molecule has 0 aromatic heterocycles. The predicted octanol–water partition coefficient (Wildman–Crippen LogP) is 4.79. The Morgan fingerprint density at radius 2 is 1.08 bits per heavy atom. The van der Waals surface area contributed by atoms with Crippen LogP contribution in [0.25, 0.3) is 0 Å². The number of hydrogen-bond acceptors (Lipinski definition) is 6. The van der Waals surface area contributed by atoms with Crippen LogP contribution in [0, 0.1) is 17.8 Å². The molecule has 6 bridgehead atoms. The van der Waals surface area contributed by atoms with Gasteiger partial charge in [0, 0.05) is 43.3 Å². The monoisotopic (exact) mass is 526 g/mol. The molecule has 0 aromatic rings. The van der Waals surface area contributed by atoms with Crippen LogP contribution in [0.4, 0.5) is 0 Å². The highest BCUT2D eigenvalue weighted by Crippen LogP contribution is 2.37. The molecule has 0 spiro atoms. The lowest BCUT2D eigenvalue weighted by molar-refractivity contribution is 0.112. The van der Waals surface area contributed by atoms with Crippen LogP contribution in [0.1, 0.15) is 106 Å². The van der Waals surface area contributed by atoms with Crippen molar-refractivity contribution in [2.45, 2.75) is 142 Å².